The second-order valence-electron chi connectivity index (χ2n) is 10.4. The second-order valence-corrected chi connectivity index (χ2v) is 11.8. The molecule has 0 unspecified atom stereocenters. The highest BCUT2D eigenvalue weighted by Gasteiger charge is 2.39. The first-order valence-corrected chi connectivity index (χ1v) is 14.4. The summed E-state index contributed by atoms with van der Waals surface area (Å²) in [4.78, 5) is 21.8. The van der Waals surface area contributed by atoms with Crippen molar-refractivity contribution in [2.75, 3.05) is 0 Å². The molecular formula is C29H36ClN3OS. The molecule has 1 amide bonds. The first kappa shape index (κ1) is 24.7. The number of hydrogen-bond donors (Lipinski definition) is 0. The molecule has 1 aromatic heterocycles. The van der Waals surface area contributed by atoms with Crippen LogP contribution in [0.4, 0.5) is 0 Å². The molecule has 0 atom stereocenters. The summed E-state index contributed by atoms with van der Waals surface area (Å²) in [6.07, 6.45) is 14.1. The van der Waals surface area contributed by atoms with Gasteiger partial charge < -0.3 is 4.57 Å². The highest BCUT2D eigenvalue weighted by molar-refractivity contribution is 8.18. The van der Waals surface area contributed by atoms with Gasteiger partial charge in [-0.2, -0.15) is 0 Å². The van der Waals surface area contributed by atoms with Gasteiger partial charge in [-0.15, -0.1) is 0 Å². The number of amidine groups is 1. The molecule has 3 aliphatic rings. The Kier molecular flexibility index (Phi) is 7.45. The smallest absolute Gasteiger partial charge is 0.267 e. The fourth-order valence-corrected chi connectivity index (χ4v) is 7.14. The number of hydrogen-bond acceptors (Lipinski definition) is 3. The van der Waals surface area contributed by atoms with Crippen LogP contribution in [0.15, 0.2) is 34.2 Å². The molecule has 186 valence electrons. The average Bonchev–Trinajstić information content (AvgIpc) is 3.31. The van der Waals surface area contributed by atoms with Crippen LogP contribution in [0, 0.1) is 20.8 Å². The predicted molar refractivity (Wildman–Crippen MR) is 149 cm³/mol. The molecular weight excluding hydrogens is 474 g/mol. The standard InChI is InChI=1S/C29H36ClN3OS/c1-19-14-15-23(30)18-26(19)32-20(2)16-22(21(32)3)17-27-28(34)33(25-12-8-5-9-13-25)29(35-27)31-24-10-6-4-7-11-24/h14-18,24-25H,4-13H2,1-3H3. The summed E-state index contributed by atoms with van der Waals surface area (Å²) in [5.41, 5.74) is 5.60. The van der Waals surface area contributed by atoms with Crippen molar-refractivity contribution in [2.24, 2.45) is 4.99 Å². The minimum Gasteiger partial charge on any atom is -0.318 e. The fraction of sp³-hybridized carbons (Fsp3) is 0.517. The summed E-state index contributed by atoms with van der Waals surface area (Å²) in [6, 6.07) is 8.83. The van der Waals surface area contributed by atoms with E-state index < -0.39 is 0 Å². The van der Waals surface area contributed by atoms with Crippen LogP contribution >= 0.6 is 23.4 Å². The zero-order valence-corrected chi connectivity index (χ0v) is 22.7. The maximum atomic E-state index is 13.8. The molecule has 6 heteroatoms. The van der Waals surface area contributed by atoms with Gasteiger partial charge in [0.1, 0.15) is 0 Å². The van der Waals surface area contributed by atoms with Crippen molar-refractivity contribution in [3.8, 4) is 5.69 Å². The predicted octanol–water partition coefficient (Wildman–Crippen LogP) is 7.99. The highest BCUT2D eigenvalue weighted by Crippen LogP contribution is 2.39. The van der Waals surface area contributed by atoms with Crippen LogP contribution in [0.3, 0.4) is 0 Å². The maximum absolute atomic E-state index is 13.8. The summed E-state index contributed by atoms with van der Waals surface area (Å²) in [5, 5.41) is 1.67. The molecule has 2 aliphatic carbocycles. The van der Waals surface area contributed by atoms with Crippen LogP contribution in [0.1, 0.15) is 86.7 Å². The third-order valence-electron chi connectivity index (χ3n) is 7.81. The minimum absolute atomic E-state index is 0.139. The van der Waals surface area contributed by atoms with Gasteiger partial charge in [-0.25, -0.2) is 0 Å². The van der Waals surface area contributed by atoms with E-state index in [0.29, 0.717) is 12.1 Å². The summed E-state index contributed by atoms with van der Waals surface area (Å²) in [7, 11) is 0. The van der Waals surface area contributed by atoms with E-state index in [1.807, 2.05) is 12.1 Å². The number of nitrogens with zero attached hydrogens (tertiary/aromatic N) is 3. The van der Waals surface area contributed by atoms with E-state index in [2.05, 4.69) is 48.4 Å². The van der Waals surface area contributed by atoms with Gasteiger partial charge in [-0.1, -0.05) is 56.2 Å². The molecule has 2 heterocycles. The van der Waals surface area contributed by atoms with Crippen molar-refractivity contribution in [1.82, 2.24) is 9.47 Å². The quantitative estimate of drug-likeness (QED) is 0.391. The second kappa shape index (κ2) is 10.6. The van der Waals surface area contributed by atoms with E-state index in [1.54, 1.807) is 11.8 Å². The van der Waals surface area contributed by atoms with Gasteiger partial charge in [-0.3, -0.25) is 14.7 Å². The van der Waals surface area contributed by atoms with Crippen LogP contribution in [0.2, 0.25) is 5.02 Å². The molecule has 4 nitrogen and oxygen atoms in total. The Balaban J connectivity index is 1.50. The number of amides is 1. The summed E-state index contributed by atoms with van der Waals surface area (Å²) in [5.74, 6) is 0.139. The Bertz CT molecular complexity index is 1170. The third-order valence-corrected chi connectivity index (χ3v) is 9.05. The SMILES string of the molecule is Cc1ccc(Cl)cc1-n1c(C)cc(C=C2SC(=NC3CCCCC3)N(C3CCCCC3)C2=O)c1C. The average molecular weight is 510 g/mol. The van der Waals surface area contributed by atoms with Gasteiger partial charge in [0.2, 0.25) is 0 Å². The molecule has 2 saturated carbocycles. The number of thioether (sulfide) groups is 1. The Morgan fingerprint density at radius 1 is 0.971 bits per heavy atom. The molecule has 0 bridgehead atoms. The molecule has 1 aliphatic heterocycles. The Hall–Kier alpha value is -1.98. The summed E-state index contributed by atoms with van der Waals surface area (Å²) >= 11 is 7.92. The number of carbonyl (C=O) groups excluding carboxylic acids is 1. The number of halogens is 1. The molecule has 2 aromatic rings. The van der Waals surface area contributed by atoms with E-state index in [1.165, 1.54) is 44.1 Å². The highest BCUT2D eigenvalue weighted by atomic mass is 35.5. The molecule has 0 radical (unpaired) electrons. The Morgan fingerprint density at radius 2 is 1.66 bits per heavy atom. The fourth-order valence-electron chi connectivity index (χ4n) is 5.87. The lowest BCUT2D eigenvalue weighted by atomic mass is 9.94. The van der Waals surface area contributed by atoms with E-state index in [4.69, 9.17) is 16.6 Å². The Labute approximate surface area is 218 Å². The van der Waals surface area contributed by atoms with Gasteiger partial charge >= 0.3 is 0 Å². The molecule has 1 saturated heterocycles. The summed E-state index contributed by atoms with van der Waals surface area (Å²) in [6.45, 7) is 6.35. The van der Waals surface area contributed by atoms with Gasteiger partial charge in [-0.05, 0) is 93.6 Å². The van der Waals surface area contributed by atoms with Gasteiger partial charge in [0.25, 0.3) is 5.91 Å². The maximum Gasteiger partial charge on any atom is 0.267 e. The zero-order chi connectivity index (χ0) is 24.5. The van der Waals surface area contributed by atoms with Crippen molar-refractivity contribution in [2.45, 2.75) is 97.1 Å². The van der Waals surface area contributed by atoms with E-state index in [0.717, 1.165) is 63.4 Å². The van der Waals surface area contributed by atoms with Crippen molar-refractivity contribution in [3.05, 3.63) is 56.7 Å². The lowest BCUT2D eigenvalue weighted by molar-refractivity contribution is -0.124. The first-order valence-electron chi connectivity index (χ1n) is 13.2. The van der Waals surface area contributed by atoms with Crippen molar-refractivity contribution >= 4 is 40.5 Å². The lowest BCUT2D eigenvalue weighted by Crippen LogP contribution is -2.41. The number of aromatic nitrogens is 1. The molecule has 0 spiro atoms. The van der Waals surface area contributed by atoms with Gasteiger partial charge in [0, 0.05) is 28.1 Å². The van der Waals surface area contributed by atoms with Crippen LogP contribution in [-0.4, -0.2) is 32.6 Å². The number of aliphatic imine (C=N–C) groups is 1. The van der Waals surface area contributed by atoms with Crippen LogP contribution in [-0.2, 0) is 4.79 Å². The van der Waals surface area contributed by atoms with Crippen LogP contribution in [0.5, 0.6) is 0 Å². The normalized spacial score (nSPS) is 22.6. The third kappa shape index (κ3) is 5.13. The van der Waals surface area contributed by atoms with Gasteiger partial charge in [0.15, 0.2) is 5.17 Å². The van der Waals surface area contributed by atoms with Crippen molar-refractivity contribution in [1.29, 1.82) is 0 Å². The number of benzene rings is 1. The topological polar surface area (TPSA) is 37.6 Å². The summed E-state index contributed by atoms with van der Waals surface area (Å²) < 4.78 is 2.24. The zero-order valence-electron chi connectivity index (χ0n) is 21.1. The number of carbonyl (C=O) groups is 1. The van der Waals surface area contributed by atoms with Crippen LogP contribution in [0.25, 0.3) is 11.8 Å². The van der Waals surface area contributed by atoms with Crippen LogP contribution < -0.4 is 0 Å². The number of aryl methyl sites for hydroxylation is 2. The first-order chi connectivity index (χ1) is 16.9. The molecule has 5 rings (SSSR count). The monoisotopic (exact) mass is 509 g/mol. The van der Waals surface area contributed by atoms with E-state index >= 15 is 0 Å². The van der Waals surface area contributed by atoms with E-state index in [9.17, 15) is 4.79 Å². The van der Waals surface area contributed by atoms with Crippen molar-refractivity contribution < 1.29 is 4.79 Å². The Morgan fingerprint density at radius 3 is 2.37 bits per heavy atom. The van der Waals surface area contributed by atoms with E-state index in [-0.39, 0.29) is 5.91 Å². The molecule has 3 fully saturated rings. The molecule has 0 N–H and O–H groups in total. The molecule has 1 aromatic carbocycles. The van der Waals surface area contributed by atoms with Crippen molar-refractivity contribution in [3.63, 3.8) is 0 Å². The van der Waals surface area contributed by atoms with Gasteiger partial charge in [0.05, 0.1) is 10.9 Å². The molecule has 35 heavy (non-hydrogen) atoms. The largest absolute Gasteiger partial charge is 0.318 e. The lowest BCUT2D eigenvalue weighted by Gasteiger charge is -2.31. The number of rotatable bonds is 4. The minimum atomic E-state index is 0.139.